The smallest absolute Gasteiger partial charge is 0.000839 e. The molecule has 2 rings (SSSR count). The Morgan fingerprint density at radius 3 is 2.47 bits per heavy atom. The summed E-state index contributed by atoms with van der Waals surface area (Å²) in [4.78, 5) is 0. The minimum atomic E-state index is 0.715. The molecule has 2 unspecified atom stereocenters. The van der Waals surface area contributed by atoms with Crippen LogP contribution in [0, 0.1) is 17.3 Å². The van der Waals surface area contributed by atoms with Crippen molar-refractivity contribution in [3.63, 3.8) is 0 Å². The van der Waals surface area contributed by atoms with Crippen molar-refractivity contribution in [3.05, 3.63) is 0 Å². The molecule has 0 aromatic carbocycles. The first-order valence-electron chi connectivity index (χ1n) is 6.93. The van der Waals surface area contributed by atoms with Crippen LogP contribution in [0.5, 0.6) is 0 Å². The molecule has 90 valence electrons. The molecule has 1 aliphatic carbocycles. The summed E-state index contributed by atoms with van der Waals surface area (Å²) in [5, 5.41) is 3.54. The molecule has 1 spiro atoms. The zero-order valence-corrected chi connectivity index (χ0v) is 11.1. The van der Waals surface area contributed by atoms with Gasteiger partial charge in [-0.05, 0) is 43.1 Å². The molecule has 0 amide bonds. The van der Waals surface area contributed by atoms with Crippen LogP contribution >= 0.6 is 0 Å². The van der Waals surface area contributed by atoms with Gasteiger partial charge in [-0.2, -0.15) is 0 Å². The van der Waals surface area contributed by atoms with Gasteiger partial charge in [0.2, 0.25) is 0 Å². The molecule has 2 aliphatic rings. The van der Waals surface area contributed by atoms with Crippen molar-refractivity contribution < 1.29 is 0 Å². The Balaban J connectivity index is 0.000000531. The van der Waals surface area contributed by atoms with Crippen molar-refractivity contribution in [2.45, 2.75) is 59.8 Å². The van der Waals surface area contributed by atoms with Crippen LogP contribution in [-0.2, 0) is 0 Å². The van der Waals surface area contributed by atoms with Crippen LogP contribution in [0.1, 0.15) is 59.8 Å². The van der Waals surface area contributed by atoms with Gasteiger partial charge < -0.3 is 5.32 Å². The third kappa shape index (κ3) is 3.21. The van der Waals surface area contributed by atoms with Crippen LogP contribution < -0.4 is 5.32 Å². The monoisotopic (exact) mass is 211 g/mol. The summed E-state index contributed by atoms with van der Waals surface area (Å²) in [5.74, 6) is 1.91. The van der Waals surface area contributed by atoms with Gasteiger partial charge in [0.1, 0.15) is 0 Å². The average Bonchev–Trinajstić information content (AvgIpc) is 2.69. The van der Waals surface area contributed by atoms with E-state index in [1.54, 1.807) is 0 Å². The highest BCUT2D eigenvalue weighted by atomic mass is 14.9. The lowest BCUT2D eigenvalue weighted by atomic mass is 9.66. The fourth-order valence-electron chi connectivity index (χ4n) is 3.25. The van der Waals surface area contributed by atoms with E-state index in [2.05, 4.69) is 19.2 Å². The summed E-state index contributed by atoms with van der Waals surface area (Å²) >= 11 is 0. The van der Waals surface area contributed by atoms with Gasteiger partial charge in [0, 0.05) is 6.54 Å². The van der Waals surface area contributed by atoms with E-state index >= 15 is 0 Å². The van der Waals surface area contributed by atoms with Gasteiger partial charge in [-0.3, -0.25) is 0 Å². The molecule has 2 fully saturated rings. The van der Waals surface area contributed by atoms with Gasteiger partial charge >= 0.3 is 0 Å². The zero-order valence-electron chi connectivity index (χ0n) is 11.1. The molecule has 1 heterocycles. The number of hydrogen-bond donors (Lipinski definition) is 1. The molecule has 0 radical (unpaired) electrons. The SMILES string of the molecule is CC.CC(C)C1CCCC2(CCNC2)C1. The minimum Gasteiger partial charge on any atom is -0.316 e. The molecule has 2 atom stereocenters. The molecule has 1 heteroatoms. The number of hydrogen-bond acceptors (Lipinski definition) is 1. The highest BCUT2D eigenvalue weighted by molar-refractivity contribution is 4.92. The predicted octanol–water partition coefficient (Wildman–Crippen LogP) is 3.84. The summed E-state index contributed by atoms with van der Waals surface area (Å²) in [6.45, 7) is 11.4. The van der Waals surface area contributed by atoms with Crippen LogP contribution in [0.25, 0.3) is 0 Å². The summed E-state index contributed by atoms with van der Waals surface area (Å²) in [6, 6.07) is 0. The first kappa shape index (κ1) is 13.0. The second kappa shape index (κ2) is 5.89. The van der Waals surface area contributed by atoms with Gasteiger partial charge in [-0.1, -0.05) is 40.5 Å². The summed E-state index contributed by atoms with van der Waals surface area (Å²) in [7, 11) is 0. The lowest BCUT2D eigenvalue weighted by molar-refractivity contribution is 0.130. The summed E-state index contributed by atoms with van der Waals surface area (Å²) < 4.78 is 0. The van der Waals surface area contributed by atoms with Gasteiger partial charge in [-0.25, -0.2) is 0 Å². The van der Waals surface area contributed by atoms with Gasteiger partial charge in [-0.15, -0.1) is 0 Å². The molecule has 1 N–H and O–H groups in total. The maximum atomic E-state index is 3.54. The minimum absolute atomic E-state index is 0.715. The highest BCUT2D eigenvalue weighted by Gasteiger charge is 2.39. The van der Waals surface area contributed by atoms with Crippen molar-refractivity contribution in [1.29, 1.82) is 0 Å². The number of rotatable bonds is 1. The Morgan fingerprint density at radius 1 is 1.20 bits per heavy atom. The lowest BCUT2D eigenvalue weighted by Gasteiger charge is -2.39. The van der Waals surface area contributed by atoms with Gasteiger partial charge in [0.05, 0.1) is 0 Å². The quantitative estimate of drug-likeness (QED) is 0.695. The maximum Gasteiger partial charge on any atom is 0.000839 e. The molecule has 1 nitrogen and oxygen atoms in total. The van der Waals surface area contributed by atoms with Crippen LogP contribution in [0.3, 0.4) is 0 Å². The standard InChI is InChI=1S/C12H23N.C2H6/c1-10(2)11-4-3-5-12(8-11)6-7-13-9-12;1-2/h10-11,13H,3-9H2,1-2H3;1-2H3. The van der Waals surface area contributed by atoms with Crippen molar-refractivity contribution in [2.75, 3.05) is 13.1 Å². The molecule has 15 heavy (non-hydrogen) atoms. The fraction of sp³-hybridized carbons (Fsp3) is 1.00. The van der Waals surface area contributed by atoms with E-state index in [1.807, 2.05) is 13.8 Å². The van der Waals surface area contributed by atoms with Crippen LogP contribution in [0.4, 0.5) is 0 Å². The summed E-state index contributed by atoms with van der Waals surface area (Å²) in [5.41, 5.74) is 0.715. The van der Waals surface area contributed by atoms with Gasteiger partial charge in [0.15, 0.2) is 0 Å². The van der Waals surface area contributed by atoms with E-state index in [9.17, 15) is 0 Å². The second-order valence-electron chi connectivity index (χ2n) is 5.53. The molecule has 0 bridgehead atoms. The Hall–Kier alpha value is -0.0400. The number of nitrogens with one attached hydrogen (secondary N) is 1. The lowest BCUT2D eigenvalue weighted by Crippen LogP contribution is -2.32. The Bertz CT molecular complexity index is 168. The van der Waals surface area contributed by atoms with Crippen LogP contribution in [0.2, 0.25) is 0 Å². The fourth-order valence-corrected chi connectivity index (χ4v) is 3.25. The Kier molecular flexibility index (Phi) is 5.11. The average molecular weight is 211 g/mol. The normalized spacial score (nSPS) is 35.4. The first-order chi connectivity index (χ1) is 7.22. The first-order valence-corrected chi connectivity index (χ1v) is 6.93. The van der Waals surface area contributed by atoms with Crippen LogP contribution in [-0.4, -0.2) is 13.1 Å². The van der Waals surface area contributed by atoms with E-state index in [0.717, 1.165) is 11.8 Å². The highest BCUT2D eigenvalue weighted by Crippen LogP contribution is 2.45. The molecule has 1 aliphatic heterocycles. The van der Waals surface area contributed by atoms with E-state index in [-0.39, 0.29) is 0 Å². The van der Waals surface area contributed by atoms with E-state index in [1.165, 1.54) is 45.2 Å². The van der Waals surface area contributed by atoms with Crippen LogP contribution in [0.15, 0.2) is 0 Å². The molecule has 0 aromatic heterocycles. The molecule has 1 saturated carbocycles. The summed E-state index contributed by atoms with van der Waals surface area (Å²) in [6.07, 6.45) is 7.39. The van der Waals surface area contributed by atoms with Gasteiger partial charge in [0.25, 0.3) is 0 Å². The van der Waals surface area contributed by atoms with Crippen molar-refractivity contribution >= 4 is 0 Å². The topological polar surface area (TPSA) is 12.0 Å². The largest absolute Gasteiger partial charge is 0.316 e. The third-order valence-corrected chi connectivity index (χ3v) is 4.25. The van der Waals surface area contributed by atoms with Crippen molar-refractivity contribution in [2.24, 2.45) is 17.3 Å². The van der Waals surface area contributed by atoms with Crippen molar-refractivity contribution in [1.82, 2.24) is 5.32 Å². The predicted molar refractivity (Wildman–Crippen MR) is 68.1 cm³/mol. The molecular formula is C14H29N. The second-order valence-corrected chi connectivity index (χ2v) is 5.53. The zero-order chi connectivity index (χ0) is 11.3. The molecule has 0 aromatic rings. The van der Waals surface area contributed by atoms with E-state index in [4.69, 9.17) is 0 Å². The van der Waals surface area contributed by atoms with Crippen molar-refractivity contribution in [3.8, 4) is 0 Å². The third-order valence-electron chi connectivity index (χ3n) is 4.25. The van der Waals surface area contributed by atoms with E-state index < -0.39 is 0 Å². The maximum absolute atomic E-state index is 3.54. The van der Waals surface area contributed by atoms with E-state index in [0.29, 0.717) is 5.41 Å². The molecular weight excluding hydrogens is 182 g/mol. The Labute approximate surface area is 96.0 Å². The Morgan fingerprint density at radius 2 is 1.93 bits per heavy atom. The molecule has 1 saturated heterocycles.